The lowest BCUT2D eigenvalue weighted by Crippen LogP contribution is -2.39. The van der Waals surface area contributed by atoms with Gasteiger partial charge in [-0.25, -0.2) is 0 Å². The van der Waals surface area contributed by atoms with Gasteiger partial charge in [-0.1, -0.05) is 19.3 Å². The van der Waals surface area contributed by atoms with Gasteiger partial charge >= 0.3 is 5.97 Å². The van der Waals surface area contributed by atoms with Crippen molar-refractivity contribution in [3.63, 3.8) is 0 Å². The molecular formula is C15H21NO4. The molecule has 0 saturated heterocycles. The Balaban J connectivity index is 1.97. The van der Waals surface area contributed by atoms with Crippen molar-refractivity contribution >= 4 is 11.9 Å². The molecule has 2 N–H and O–H groups in total. The van der Waals surface area contributed by atoms with Crippen LogP contribution >= 0.6 is 0 Å². The van der Waals surface area contributed by atoms with Crippen molar-refractivity contribution < 1.29 is 19.1 Å². The van der Waals surface area contributed by atoms with Crippen LogP contribution in [-0.2, 0) is 9.59 Å². The summed E-state index contributed by atoms with van der Waals surface area (Å²) in [6.07, 6.45) is 5.60. The minimum atomic E-state index is -0.884. The molecule has 110 valence electrons. The van der Waals surface area contributed by atoms with Gasteiger partial charge in [0.15, 0.2) is 0 Å². The van der Waals surface area contributed by atoms with Crippen LogP contribution in [0, 0.1) is 5.41 Å². The average molecular weight is 279 g/mol. The van der Waals surface area contributed by atoms with Gasteiger partial charge in [-0.2, -0.15) is 0 Å². The van der Waals surface area contributed by atoms with Crippen LogP contribution in [0.1, 0.15) is 57.3 Å². The highest BCUT2D eigenvalue weighted by Gasteiger charge is 2.41. The lowest BCUT2D eigenvalue weighted by molar-refractivity contribution is -0.154. The monoisotopic (exact) mass is 279 g/mol. The maximum absolute atomic E-state index is 12.1. The van der Waals surface area contributed by atoms with Crippen LogP contribution in [0.5, 0.6) is 0 Å². The number of furan rings is 1. The molecule has 5 nitrogen and oxygen atoms in total. The number of carbonyl (C=O) groups is 2. The second-order valence-electron chi connectivity index (χ2n) is 5.63. The third-order valence-electron chi connectivity index (χ3n) is 4.11. The highest BCUT2D eigenvalue weighted by Crippen LogP contribution is 2.39. The molecule has 1 atom stereocenters. The van der Waals surface area contributed by atoms with E-state index in [1.54, 1.807) is 18.4 Å². The van der Waals surface area contributed by atoms with E-state index in [1.165, 1.54) is 0 Å². The molecule has 0 bridgehead atoms. The van der Waals surface area contributed by atoms with Crippen LogP contribution in [0.15, 0.2) is 22.8 Å². The van der Waals surface area contributed by atoms with Crippen molar-refractivity contribution in [3.8, 4) is 0 Å². The molecule has 1 aliphatic carbocycles. The number of carboxylic acid groups (broad SMARTS) is 1. The zero-order valence-corrected chi connectivity index (χ0v) is 11.7. The Labute approximate surface area is 118 Å². The molecule has 20 heavy (non-hydrogen) atoms. The molecule has 1 aromatic rings. The molecule has 5 heteroatoms. The summed E-state index contributed by atoms with van der Waals surface area (Å²) in [4.78, 5) is 23.6. The van der Waals surface area contributed by atoms with E-state index in [1.807, 2.05) is 6.92 Å². The Morgan fingerprint density at radius 1 is 1.40 bits per heavy atom. The zero-order valence-electron chi connectivity index (χ0n) is 11.7. The number of aliphatic carboxylic acids is 1. The van der Waals surface area contributed by atoms with Crippen molar-refractivity contribution in [2.45, 2.75) is 51.5 Å². The molecule has 0 spiro atoms. The predicted octanol–water partition coefficient (Wildman–Crippen LogP) is 2.88. The zero-order chi connectivity index (χ0) is 14.6. The van der Waals surface area contributed by atoms with E-state index in [4.69, 9.17) is 4.42 Å². The second-order valence-corrected chi connectivity index (χ2v) is 5.63. The first kappa shape index (κ1) is 14.6. The molecule has 0 radical (unpaired) electrons. The standard InChI is InChI=1S/C15H21NO4/c1-11(12-6-5-9-20-12)16-13(17)10-15(14(18)19)7-3-2-4-8-15/h5-6,9,11H,2-4,7-8,10H2,1H3,(H,16,17)(H,18,19). The fourth-order valence-corrected chi connectivity index (χ4v) is 2.90. The molecular weight excluding hydrogens is 258 g/mol. The number of carboxylic acids is 1. The lowest BCUT2D eigenvalue weighted by atomic mass is 9.71. The molecule has 1 heterocycles. The molecule has 1 amide bonds. The SMILES string of the molecule is CC(NC(=O)CC1(C(=O)O)CCCCC1)c1ccco1. The van der Waals surface area contributed by atoms with Crippen LogP contribution < -0.4 is 5.32 Å². The number of hydrogen-bond acceptors (Lipinski definition) is 3. The van der Waals surface area contributed by atoms with Crippen LogP contribution in [0.2, 0.25) is 0 Å². The van der Waals surface area contributed by atoms with Gasteiger partial charge in [0.1, 0.15) is 5.76 Å². The van der Waals surface area contributed by atoms with Gasteiger partial charge in [-0.15, -0.1) is 0 Å². The molecule has 1 unspecified atom stereocenters. The largest absolute Gasteiger partial charge is 0.481 e. The Bertz CT molecular complexity index is 460. The fourth-order valence-electron chi connectivity index (χ4n) is 2.90. The topological polar surface area (TPSA) is 79.5 Å². The quantitative estimate of drug-likeness (QED) is 0.868. The smallest absolute Gasteiger partial charge is 0.310 e. The summed E-state index contributed by atoms with van der Waals surface area (Å²) in [5, 5.41) is 12.3. The number of rotatable bonds is 5. The first-order valence-corrected chi connectivity index (χ1v) is 7.10. The minimum absolute atomic E-state index is 0.0490. The van der Waals surface area contributed by atoms with Crippen LogP contribution in [-0.4, -0.2) is 17.0 Å². The molecule has 1 aromatic heterocycles. The summed E-state index contributed by atoms with van der Waals surface area (Å²) in [6, 6.07) is 3.31. The van der Waals surface area contributed by atoms with Crippen molar-refractivity contribution in [2.75, 3.05) is 0 Å². The number of carbonyl (C=O) groups excluding carboxylic acids is 1. The van der Waals surface area contributed by atoms with E-state index in [2.05, 4.69) is 5.32 Å². The van der Waals surface area contributed by atoms with Crippen LogP contribution in [0.3, 0.4) is 0 Å². The molecule has 1 aliphatic rings. The molecule has 0 aliphatic heterocycles. The highest BCUT2D eigenvalue weighted by molar-refractivity contribution is 5.85. The van der Waals surface area contributed by atoms with E-state index in [0.29, 0.717) is 18.6 Å². The number of nitrogens with one attached hydrogen (secondary N) is 1. The lowest BCUT2D eigenvalue weighted by Gasteiger charge is -2.32. The van der Waals surface area contributed by atoms with Gasteiger partial charge < -0.3 is 14.8 Å². The Morgan fingerprint density at radius 3 is 2.65 bits per heavy atom. The first-order chi connectivity index (χ1) is 9.53. The Hall–Kier alpha value is -1.78. The summed E-state index contributed by atoms with van der Waals surface area (Å²) < 4.78 is 5.23. The Kier molecular flexibility index (Phi) is 4.47. The maximum atomic E-state index is 12.1. The van der Waals surface area contributed by atoms with Crippen molar-refractivity contribution in [1.82, 2.24) is 5.32 Å². The summed E-state index contributed by atoms with van der Waals surface area (Å²) in [6.45, 7) is 1.82. The molecule has 1 saturated carbocycles. The molecule has 1 fully saturated rings. The minimum Gasteiger partial charge on any atom is -0.481 e. The number of hydrogen-bond donors (Lipinski definition) is 2. The van der Waals surface area contributed by atoms with Gasteiger partial charge in [0.25, 0.3) is 0 Å². The van der Waals surface area contributed by atoms with Crippen molar-refractivity contribution in [3.05, 3.63) is 24.2 Å². The van der Waals surface area contributed by atoms with Gasteiger partial charge in [-0.3, -0.25) is 9.59 Å². The van der Waals surface area contributed by atoms with Crippen molar-refractivity contribution in [2.24, 2.45) is 5.41 Å². The Morgan fingerprint density at radius 2 is 2.10 bits per heavy atom. The third kappa shape index (κ3) is 3.21. The van der Waals surface area contributed by atoms with Gasteiger partial charge in [0.05, 0.1) is 17.7 Å². The van der Waals surface area contributed by atoms with Gasteiger partial charge in [0, 0.05) is 6.42 Å². The maximum Gasteiger partial charge on any atom is 0.310 e. The average Bonchev–Trinajstić information content (AvgIpc) is 2.93. The summed E-state index contributed by atoms with van der Waals surface area (Å²) in [7, 11) is 0. The fraction of sp³-hybridized carbons (Fsp3) is 0.600. The van der Waals surface area contributed by atoms with E-state index in [-0.39, 0.29) is 18.4 Å². The summed E-state index contributed by atoms with van der Waals surface area (Å²) in [5.74, 6) is -0.400. The highest BCUT2D eigenvalue weighted by atomic mass is 16.4. The third-order valence-corrected chi connectivity index (χ3v) is 4.11. The van der Waals surface area contributed by atoms with Crippen LogP contribution in [0.25, 0.3) is 0 Å². The normalized spacial score (nSPS) is 19.2. The van der Waals surface area contributed by atoms with Crippen molar-refractivity contribution in [1.29, 1.82) is 0 Å². The van der Waals surface area contributed by atoms with E-state index in [0.717, 1.165) is 19.3 Å². The van der Waals surface area contributed by atoms with E-state index >= 15 is 0 Å². The second kappa shape index (κ2) is 6.11. The summed E-state index contributed by atoms with van der Waals surface area (Å²) in [5.41, 5.74) is -0.884. The van der Waals surface area contributed by atoms with E-state index in [9.17, 15) is 14.7 Å². The first-order valence-electron chi connectivity index (χ1n) is 7.10. The molecule has 2 rings (SSSR count). The number of amides is 1. The van der Waals surface area contributed by atoms with Crippen LogP contribution in [0.4, 0.5) is 0 Å². The van der Waals surface area contributed by atoms with Gasteiger partial charge in [-0.05, 0) is 31.9 Å². The molecule has 0 aromatic carbocycles. The van der Waals surface area contributed by atoms with E-state index < -0.39 is 11.4 Å². The predicted molar refractivity (Wildman–Crippen MR) is 73.0 cm³/mol. The summed E-state index contributed by atoms with van der Waals surface area (Å²) >= 11 is 0. The van der Waals surface area contributed by atoms with Gasteiger partial charge in [0.2, 0.25) is 5.91 Å².